The Morgan fingerprint density at radius 1 is 1.38 bits per heavy atom. The summed E-state index contributed by atoms with van der Waals surface area (Å²) in [6.45, 7) is 3.02. The summed E-state index contributed by atoms with van der Waals surface area (Å²) < 4.78 is 6.17. The van der Waals surface area contributed by atoms with Gasteiger partial charge in [0.1, 0.15) is 18.2 Å². The van der Waals surface area contributed by atoms with Crippen molar-refractivity contribution in [2.24, 2.45) is 0 Å². The van der Waals surface area contributed by atoms with Crippen molar-refractivity contribution in [1.82, 2.24) is 4.98 Å². The van der Waals surface area contributed by atoms with Crippen molar-refractivity contribution in [3.05, 3.63) is 56.7 Å². The van der Waals surface area contributed by atoms with E-state index in [1.807, 2.05) is 25.1 Å². The van der Waals surface area contributed by atoms with Crippen molar-refractivity contribution in [3.8, 4) is 5.75 Å². The first kappa shape index (κ1) is 15.2. The summed E-state index contributed by atoms with van der Waals surface area (Å²) in [6.07, 6.45) is 0. The molecule has 1 aromatic heterocycles. The Morgan fingerprint density at radius 3 is 2.90 bits per heavy atom. The fourth-order valence-corrected chi connectivity index (χ4v) is 2.19. The predicted molar refractivity (Wildman–Crippen MR) is 83.5 cm³/mol. The number of nitro groups is 1. The van der Waals surface area contributed by atoms with Crippen molar-refractivity contribution in [3.63, 3.8) is 0 Å². The van der Waals surface area contributed by atoms with Crippen LogP contribution >= 0.6 is 15.9 Å². The van der Waals surface area contributed by atoms with Crippen LogP contribution in [0.25, 0.3) is 0 Å². The fourth-order valence-electron chi connectivity index (χ4n) is 1.73. The number of nitro benzene ring substituents is 1. The first-order chi connectivity index (χ1) is 10.1. The standard InChI is InChI=1S/C14H14BrN3O3/c1-2-16-14-5-3-4-11(17-14)9-21-13-7-10(15)6-12(8-13)18(19)20/h3-8H,2,9H2,1H3,(H,16,17). The molecule has 0 fully saturated rings. The third kappa shape index (κ3) is 4.42. The van der Waals surface area contributed by atoms with E-state index in [4.69, 9.17) is 4.74 Å². The predicted octanol–water partition coefficient (Wildman–Crippen LogP) is 3.76. The number of nitrogens with one attached hydrogen (secondary N) is 1. The second-order valence-electron chi connectivity index (χ2n) is 4.24. The number of rotatable bonds is 6. The molecule has 0 aliphatic heterocycles. The normalized spacial score (nSPS) is 10.2. The molecule has 6 nitrogen and oxygen atoms in total. The Morgan fingerprint density at radius 2 is 2.19 bits per heavy atom. The number of ether oxygens (including phenoxy) is 1. The van der Waals surface area contributed by atoms with Gasteiger partial charge in [0, 0.05) is 17.1 Å². The highest BCUT2D eigenvalue weighted by atomic mass is 79.9. The van der Waals surface area contributed by atoms with Gasteiger partial charge in [0.25, 0.3) is 5.69 Å². The number of hydrogen-bond acceptors (Lipinski definition) is 5. The molecule has 2 aromatic rings. The van der Waals surface area contributed by atoms with Gasteiger partial charge in [-0.2, -0.15) is 0 Å². The maximum Gasteiger partial charge on any atom is 0.274 e. The van der Waals surface area contributed by atoms with E-state index in [0.29, 0.717) is 10.2 Å². The highest BCUT2D eigenvalue weighted by Gasteiger charge is 2.10. The van der Waals surface area contributed by atoms with Crippen LogP contribution in [0.2, 0.25) is 0 Å². The Balaban J connectivity index is 2.09. The quantitative estimate of drug-likeness (QED) is 0.633. The van der Waals surface area contributed by atoms with E-state index >= 15 is 0 Å². The number of aromatic nitrogens is 1. The molecular formula is C14H14BrN3O3. The zero-order valence-corrected chi connectivity index (χ0v) is 13.0. The first-order valence-electron chi connectivity index (χ1n) is 6.36. The van der Waals surface area contributed by atoms with Gasteiger partial charge in [-0.3, -0.25) is 10.1 Å². The SMILES string of the molecule is CCNc1cccc(COc2cc(Br)cc([N+](=O)[O-])c2)n1. The Labute approximate surface area is 130 Å². The van der Waals surface area contributed by atoms with Crippen LogP contribution in [0.1, 0.15) is 12.6 Å². The molecule has 0 bridgehead atoms. The van der Waals surface area contributed by atoms with Crippen LogP contribution in [0.3, 0.4) is 0 Å². The van der Waals surface area contributed by atoms with E-state index in [9.17, 15) is 10.1 Å². The molecule has 0 saturated carbocycles. The monoisotopic (exact) mass is 351 g/mol. The maximum atomic E-state index is 10.8. The molecule has 0 atom stereocenters. The number of halogens is 1. The van der Waals surface area contributed by atoms with Crippen molar-refractivity contribution < 1.29 is 9.66 Å². The van der Waals surface area contributed by atoms with Gasteiger partial charge in [-0.15, -0.1) is 0 Å². The van der Waals surface area contributed by atoms with Gasteiger partial charge in [-0.25, -0.2) is 4.98 Å². The zero-order valence-electron chi connectivity index (χ0n) is 11.4. The molecule has 1 heterocycles. The smallest absolute Gasteiger partial charge is 0.274 e. The molecule has 0 radical (unpaired) electrons. The third-order valence-electron chi connectivity index (χ3n) is 2.62. The summed E-state index contributed by atoms with van der Waals surface area (Å²) >= 11 is 3.23. The van der Waals surface area contributed by atoms with Crippen LogP contribution in [0.15, 0.2) is 40.9 Å². The molecule has 0 aliphatic rings. The minimum atomic E-state index is -0.457. The molecule has 2 rings (SSSR count). The third-order valence-corrected chi connectivity index (χ3v) is 3.08. The van der Waals surface area contributed by atoms with E-state index in [-0.39, 0.29) is 12.3 Å². The Hall–Kier alpha value is -2.15. The van der Waals surface area contributed by atoms with Gasteiger partial charge < -0.3 is 10.1 Å². The van der Waals surface area contributed by atoms with E-state index in [1.165, 1.54) is 12.1 Å². The molecule has 0 unspecified atom stereocenters. The van der Waals surface area contributed by atoms with E-state index in [1.54, 1.807) is 6.07 Å². The van der Waals surface area contributed by atoms with E-state index in [0.717, 1.165) is 18.1 Å². The average molecular weight is 352 g/mol. The number of pyridine rings is 1. The number of benzene rings is 1. The second-order valence-corrected chi connectivity index (χ2v) is 5.15. The zero-order chi connectivity index (χ0) is 15.2. The number of anilines is 1. The number of nitrogens with zero attached hydrogens (tertiary/aromatic N) is 2. The van der Waals surface area contributed by atoms with Crippen LogP contribution in [0.5, 0.6) is 5.75 Å². The van der Waals surface area contributed by atoms with Crippen molar-refractivity contribution >= 4 is 27.4 Å². The highest BCUT2D eigenvalue weighted by molar-refractivity contribution is 9.10. The Kier molecular flexibility index (Phi) is 5.10. The topological polar surface area (TPSA) is 77.3 Å². The number of hydrogen-bond donors (Lipinski definition) is 1. The van der Waals surface area contributed by atoms with Crippen molar-refractivity contribution in [1.29, 1.82) is 0 Å². The lowest BCUT2D eigenvalue weighted by Gasteiger charge is -2.08. The first-order valence-corrected chi connectivity index (χ1v) is 7.15. The molecule has 21 heavy (non-hydrogen) atoms. The van der Waals surface area contributed by atoms with Gasteiger partial charge in [0.05, 0.1) is 16.7 Å². The molecule has 0 aliphatic carbocycles. The minimum absolute atomic E-state index is 0.0197. The summed E-state index contributed by atoms with van der Waals surface area (Å²) in [6, 6.07) is 10.1. The van der Waals surface area contributed by atoms with Gasteiger partial charge >= 0.3 is 0 Å². The largest absolute Gasteiger partial charge is 0.487 e. The van der Waals surface area contributed by atoms with Gasteiger partial charge in [0.2, 0.25) is 0 Å². The fraction of sp³-hybridized carbons (Fsp3) is 0.214. The van der Waals surface area contributed by atoms with E-state index < -0.39 is 4.92 Å². The lowest BCUT2D eigenvalue weighted by Crippen LogP contribution is -2.03. The van der Waals surface area contributed by atoms with Gasteiger partial charge in [-0.1, -0.05) is 22.0 Å². The van der Waals surface area contributed by atoms with Crippen LogP contribution in [0, 0.1) is 10.1 Å². The number of non-ortho nitro benzene ring substituents is 1. The summed E-state index contributed by atoms with van der Waals surface area (Å²) in [4.78, 5) is 14.7. The van der Waals surface area contributed by atoms with Crippen LogP contribution < -0.4 is 10.1 Å². The van der Waals surface area contributed by atoms with Gasteiger partial charge in [-0.05, 0) is 25.1 Å². The summed E-state index contributed by atoms with van der Waals surface area (Å²) in [5, 5.41) is 13.9. The van der Waals surface area contributed by atoms with Crippen LogP contribution in [0.4, 0.5) is 11.5 Å². The minimum Gasteiger partial charge on any atom is -0.487 e. The average Bonchev–Trinajstić information content (AvgIpc) is 2.45. The summed E-state index contributed by atoms with van der Waals surface area (Å²) in [5.41, 5.74) is 0.727. The molecule has 7 heteroatoms. The van der Waals surface area contributed by atoms with E-state index in [2.05, 4.69) is 26.2 Å². The Bertz CT molecular complexity index is 649. The lowest BCUT2D eigenvalue weighted by atomic mass is 10.3. The second kappa shape index (κ2) is 7.03. The summed E-state index contributed by atoms with van der Waals surface area (Å²) in [5.74, 6) is 1.20. The maximum absolute atomic E-state index is 10.8. The highest BCUT2D eigenvalue weighted by Crippen LogP contribution is 2.26. The molecule has 0 amide bonds. The molecule has 110 valence electrons. The summed E-state index contributed by atoms with van der Waals surface area (Å²) in [7, 11) is 0. The van der Waals surface area contributed by atoms with Crippen LogP contribution in [-0.4, -0.2) is 16.5 Å². The van der Waals surface area contributed by atoms with Crippen molar-refractivity contribution in [2.75, 3.05) is 11.9 Å². The molecular weight excluding hydrogens is 338 g/mol. The molecule has 0 spiro atoms. The van der Waals surface area contributed by atoms with Crippen LogP contribution in [-0.2, 0) is 6.61 Å². The van der Waals surface area contributed by atoms with Crippen molar-refractivity contribution in [2.45, 2.75) is 13.5 Å². The molecule has 1 N–H and O–H groups in total. The molecule has 1 aromatic carbocycles. The van der Waals surface area contributed by atoms with Gasteiger partial charge in [0.15, 0.2) is 0 Å². The molecule has 0 saturated heterocycles. The lowest BCUT2D eigenvalue weighted by molar-refractivity contribution is -0.385.